The average Bonchev–Trinajstić information content (AvgIpc) is 2.70. The summed E-state index contributed by atoms with van der Waals surface area (Å²) in [4.78, 5) is 0.0903. The molecule has 0 saturated carbocycles. The van der Waals surface area contributed by atoms with Gasteiger partial charge in [-0.15, -0.1) is 0 Å². The predicted octanol–water partition coefficient (Wildman–Crippen LogP) is 5.84. The maximum absolute atomic E-state index is 12.7. The summed E-state index contributed by atoms with van der Waals surface area (Å²) in [5.41, 5.74) is 4.08. The Hall–Kier alpha value is -2.51. The summed E-state index contributed by atoms with van der Waals surface area (Å²) in [6.45, 7) is 6.70. The van der Waals surface area contributed by atoms with Crippen LogP contribution in [0.25, 0.3) is 0 Å². The molecule has 3 aromatic carbocycles. The minimum absolute atomic E-state index is 0.0903. The van der Waals surface area contributed by atoms with Crippen LogP contribution >= 0.6 is 15.9 Å². The highest BCUT2D eigenvalue weighted by atomic mass is 79.9. The second kappa shape index (κ2) is 9.53. The maximum Gasteiger partial charge on any atom is 0.339 e. The molecule has 3 rings (SSSR count). The monoisotopic (exact) mass is 489 g/mol. The molecule has 158 valence electrons. The zero-order valence-electron chi connectivity index (χ0n) is 17.1. The van der Waals surface area contributed by atoms with E-state index in [-0.39, 0.29) is 10.6 Å². The van der Waals surface area contributed by atoms with Gasteiger partial charge in [-0.25, -0.2) is 0 Å². The average molecular weight is 490 g/mol. The molecule has 0 aliphatic rings. The van der Waals surface area contributed by atoms with Crippen molar-refractivity contribution in [1.82, 2.24) is 0 Å². The fraction of sp³-hybridized carbons (Fsp3) is 0.217. The number of ether oxygens (including phenoxy) is 1. The molecule has 0 amide bonds. The number of hydrogen-bond donors (Lipinski definition) is 1. The largest absolute Gasteiger partial charge is 0.490 e. The molecule has 1 N–H and O–H groups in total. The second-order valence-corrected chi connectivity index (χ2v) is 9.31. The first kappa shape index (κ1) is 22.2. The van der Waals surface area contributed by atoms with Crippen molar-refractivity contribution in [2.75, 3.05) is 11.9 Å². The first-order valence-electron chi connectivity index (χ1n) is 9.55. The van der Waals surface area contributed by atoms with Crippen LogP contribution in [0.5, 0.6) is 11.5 Å². The highest BCUT2D eigenvalue weighted by Crippen LogP contribution is 2.39. The first-order chi connectivity index (χ1) is 14.3. The van der Waals surface area contributed by atoms with Crippen LogP contribution in [0.4, 0.5) is 5.69 Å². The quantitative estimate of drug-likeness (QED) is 0.402. The number of benzene rings is 3. The molecule has 0 bridgehead atoms. The summed E-state index contributed by atoms with van der Waals surface area (Å²) in [7, 11) is -3.99. The summed E-state index contributed by atoms with van der Waals surface area (Å²) < 4.78 is 37.1. The van der Waals surface area contributed by atoms with Crippen molar-refractivity contribution < 1.29 is 17.3 Å². The highest BCUT2D eigenvalue weighted by molar-refractivity contribution is 9.10. The summed E-state index contributed by atoms with van der Waals surface area (Å²) >= 11 is 3.44. The number of aryl methyl sites for hydroxylation is 2. The van der Waals surface area contributed by atoms with Gasteiger partial charge in [-0.05, 0) is 78.7 Å². The van der Waals surface area contributed by atoms with Crippen LogP contribution in [0.2, 0.25) is 0 Å². The predicted molar refractivity (Wildman–Crippen MR) is 123 cm³/mol. The van der Waals surface area contributed by atoms with E-state index in [9.17, 15) is 8.42 Å². The molecule has 0 unspecified atom stereocenters. The number of anilines is 1. The van der Waals surface area contributed by atoms with Crippen LogP contribution in [0, 0.1) is 13.8 Å². The fourth-order valence-electron chi connectivity index (χ4n) is 2.81. The molecular formula is C23H24BrNO4S. The Bertz CT molecular complexity index is 1110. The van der Waals surface area contributed by atoms with Gasteiger partial charge in [-0.1, -0.05) is 35.4 Å². The van der Waals surface area contributed by atoms with Gasteiger partial charge in [0.1, 0.15) is 4.90 Å². The van der Waals surface area contributed by atoms with E-state index in [1.165, 1.54) is 17.7 Å². The van der Waals surface area contributed by atoms with Gasteiger partial charge in [0.2, 0.25) is 0 Å². The van der Waals surface area contributed by atoms with Gasteiger partial charge in [0.25, 0.3) is 0 Å². The lowest BCUT2D eigenvalue weighted by Gasteiger charge is -2.16. The van der Waals surface area contributed by atoms with E-state index in [0.29, 0.717) is 23.4 Å². The van der Waals surface area contributed by atoms with Crippen molar-refractivity contribution in [2.45, 2.75) is 32.2 Å². The Morgan fingerprint density at radius 1 is 0.933 bits per heavy atom. The van der Waals surface area contributed by atoms with E-state index >= 15 is 0 Å². The maximum atomic E-state index is 12.7. The van der Waals surface area contributed by atoms with E-state index in [0.717, 1.165) is 16.8 Å². The van der Waals surface area contributed by atoms with Crippen LogP contribution in [-0.4, -0.2) is 15.0 Å². The molecule has 0 atom stereocenters. The standard InChI is InChI=1S/C23H24BrNO4S/c1-4-28-22-14-18(15-25-19-9-5-16(2)6-10-19)13-21(24)23(22)29-30(26,27)20-11-7-17(3)8-12-20/h5-14,25H,4,15H2,1-3H3. The number of halogens is 1. The van der Waals surface area contributed by atoms with Gasteiger partial charge >= 0.3 is 10.1 Å². The van der Waals surface area contributed by atoms with Gasteiger partial charge in [-0.3, -0.25) is 0 Å². The molecule has 0 radical (unpaired) electrons. The van der Waals surface area contributed by atoms with Crippen molar-refractivity contribution >= 4 is 31.7 Å². The van der Waals surface area contributed by atoms with Crippen LogP contribution in [-0.2, 0) is 16.7 Å². The minimum atomic E-state index is -3.99. The minimum Gasteiger partial charge on any atom is -0.490 e. The zero-order valence-corrected chi connectivity index (χ0v) is 19.5. The van der Waals surface area contributed by atoms with Crippen LogP contribution in [0.15, 0.2) is 70.0 Å². The van der Waals surface area contributed by atoms with Crippen molar-refractivity contribution in [3.8, 4) is 11.5 Å². The molecule has 7 heteroatoms. The highest BCUT2D eigenvalue weighted by Gasteiger charge is 2.22. The van der Waals surface area contributed by atoms with Gasteiger partial charge in [0.15, 0.2) is 11.5 Å². The lowest BCUT2D eigenvalue weighted by atomic mass is 10.2. The van der Waals surface area contributed by atoms with Crippen molar-refractivity contribution in [3.63, 3.8) is 0 Å². The molecule has 3 aromatic rings. The molecule has 0 aromatic heterocycles. The zero-order chi connectivity index (χ0) is 21.7. The Morgan fingerprint density at radius 2 is 1.53 bits per heavy atom. The van der Waals surface area contributed by atoms with E-state index in [1.807, 2.05) is 51.1 Å². The van der Waals surface area contributed by atoms with E-state index in [1.54, 1.807) is 18.2 Å². The van der Waals surface area contributed by atoms with Gasteiger partial charge in [-0.2, -0.15) is 8.42 Å². The lowest BCUT2D eigenvalue weighted by Crippen LogP contribution is -2.12. The SMILES string of the molecule is CCOc1cc(CNc2ccc(C)cc2)cc(Br)c1OS(=O)(=O)c1ccc(C)cc1. The van der Waals surface area contributed by atoms with Gasteiger partial charge in [0, 0.05) is 12.2 Å². The van der Waals surface area contributed by atoms with E-state index < -0.39 is 10.1 Å². The first-order valence-corrected chi connectivity index (χ1v) is 11.8. The number of hydrogen-bond acceptors (Lipinski definition) is 5. The molecule has 0 heterocycles. The summed E-state index contributed by atoms with van der Waals surface area (Å²) in [6.07, 6.45) is 0. The molecule has 30 heavy (non-hydrogen) atoms. The smallest absolute Gasteiger partial charge is 0.339 e. The van der Waals surface area contributed by atoms with Crippen LogP contribution in [0.1, 0.15) is 23.6 Å². The summed E-state index contributed by atoms with van der Waals surface area (Å²) in [6, 6.07) is 18.2. The Kier molecular flexibility index (Phi) is 7.05. The van der Waals surface area contributed by atoms with E-state index in [2.05, 4.69) is 21.2 Å². The molecule has 0 aliphatic carbocycles. The normalized spacial score (nSPS) is 11.2. The second-order valence-electron chi connectivity index (χ2n) is 6.91. The lowest BCUT2D eigenvalue weighted by molar-refractivity contribution is 0.326. The summed E-state index contributed by atoms with van der Waals surface area (Å²) in [5, 5.41) is 3.35. The van der Waals surface area contributed by atoms with Crippen molar-refractivity contribution in [2.24, 2.45) is 0 Å². The summed E-state index contributed by atoms with van der Waals surface area (Å²) in [5.74, 6) is 0.500. The Balaban J connectivity index is 1.85. The van der Waals surface area contributed by atoms with Crippen LogP contribution < -0.4 is 14.2 Å². The molecule has 5 nitrogen and oxygen atoms in total. The topological polar surface area (TPSA) is 64.6 Å². The number of nitrogens with one attached hydrogen (secondary N) is 1. The molecule has 0 fully saturated rings. The van der Waals surface area contributed by atoms with Crippen molar-refractivity contribution in [3.05, 3.63) is 81.8 Å². The Labute approximate surface area is 186 Å². The fourth-order valence-corrected chi connectivity index (χ4v) is 4.44. The van der Waals surface area contributed by atoms with E-state index in [4.69, 9.17) is 8.92 Å². The third-order valence-corrected chi connectivity index (χ3v) is 6.24. The van der Waals surface area contributed by atoms with Crippen LogP contribution in [0.3, 0.4) is 0 Å². The van der Waals surface area contributed by atoms with Gasteiger partial charge in [0.05, 0.1) is 11.1 Å². The molecule has 0 saturated heterocycles. The molecule has 0 aliphatic heterocycles. The molecular weight excluding hydrogens is 466 g/mol. The third kappa shape index (κ3) is 5.55. The number of rotatable bonds is 8. The molecule has 0 spiro atoms. The Morgan fingerprint density at radius 3 is 2.13 bits per heavy atom. The third-order valence-electron chi connectivity index (χ3n) is 4.42. The van der Waals surface area contributed by atoms with Gasteiger partial charge < -0.3 is 14.2 Å². The van der Waals surface area contributed by atoms with Crippen molar-refractivity contribution in [1.29, 1.82) is 0 Å².